The zero-order valence-corrected chi connectivity index (χ0v) is 9.24. The van der Waals surface area contributed by atoms with Crippen LogP contribution in [0.15, 0.2) is 0 Å². The molecule has 0 spiro atoms. The number of nitrogens with zero attached hydrogens (tertiary/aromatic N) is 1. The SMILES string of the molecule is Cc1nc(C(C)NCCN)c(C)s1. The first-order valence-electron chi connectivity index (χ1n) is 4.52. The van der Waals surface area contributed by atoms with Gasteiger partial charge in [-0.15, -0.1) is 11.3 Å². The second-order valence-electron chi connectivity index (χ2n) is 3.14. The molecule has 13 heavy (non-hydrogen) atoms. The van der Waals surface area contributed by atoms with Crippen LogP contribution in [0.5, 0.6) is 0 Å². The van der Waals surface area contributed by atoms with Gasteiger partial charge in [0.2, 0.25) is 0 Å². The Hall–Kier alpha value is -0.450. The Labute approximate surface area is 83.4 Å². The van der Waals surface area contributed by atoms with E-state index in [2.05, 4.69) is 24.1 Å². The van der Waals surface area contributed by atoms with Gasteiger partial charge in [-0.05, 0) is 20.8 Å². The summed E-state index contributed by atoms with van der Waals surface area (Å²) in [5, 5.41) is 4.46. The third-order valence-corrected chi connectivity index (χ3v) is 2.85. The molecule has 3 nitrogen and oxygen atoms in total. The van der Waals surface area contributed by atoms with E-state index < -0.39 is 0 Å². The summed E-state index contributed by atoms with van der Waals surface area (Å²) in [5.41, 5.74) is 6.58. The minimum atomic E-state index is 0.313. The lowest BCUT2D eigenvalue weighted by Crippen LogP contribution is -2.25. The molecule has 0 aliphatic rings. The van der Waals surface area contributed by atoms with E-state index >= 15 is 0 Å². The van der Waals surface area contributed by atoms with Gasteiger partial charge >= 0.3 is 0 Å². The van der Waals surface area contributed by atoms with Crippen molar-refractivity contribution in [3.63, 3.8) is 0 Å². The average molecular weight is 199 g/mol. The van der Waals surface area contributed by atoms with E-state index in [4.69, 9.17) is 5.73 Å². The minimum absolute atomic E-state index is 0.313. The molecule has 74 valence electrons. The molecular weight excluding hydrogens is 182 g/mol. The van der Waals surface area contributed by atoms with Crippen molar-refractivity contribution in [1.82, 2.24) is 10.3 Å². The molecule has 4 heteroatoms. The zero-order valence-electron chi connectivity index (χ0n) is 8.42. The molecule has 0 saturated heterocycles. The Balaban J connectivity index is 2.64. The van der Waals surface area contributed by atoms with Crippen LogP contribution in [-0.2, 0) is 0 Å². The molecule has 1 heterocycles. The molecule has 0 saturated carbocycles. The Morgan fingerprint density at radius 1 is 1.54 bits per heavy atom. The lowest BCUT2D eigenvalue weighted by molar-refractivity contribution is 0.569. The lowest BCUT2D eigenvalue weighted by atomic mass is 10.2. The Morgan fingerprint density at radius 3 is 2.69 bits per heavy atom. The number of nitrogens with two attached hydrogens (primary N) is 1. The van der Waals surface area contributed by atoms with Crippen molar-refractivity contribution >= 4 is 11.3 Å². The van der Waals surface area contributed by atoms with E-state index in [0.717, 1.165) is 17.2 Å². The summed E-state index contributed by atoms with van der Waals surface area (Å²) in [6.45, 7) is 7.79. The molecule has 1 atom stereocenters. The van der Waals surface area contributed by atoms with E-state index in [1.54, 1.807) is 11.3 Å². The van der Waals surface area contributed by atoms with Crippen molar-refractivity contribution < 1.29 is 0 Å². The lowest BCUT2D eigenvalue weighted by Gasteiger charge is -2.11. The summed E-state index contributed by atoms with van der Waals surface area (Å²) in [6, 6.07) is 0.313. The predicted octanol–water partition coefficient (Wildman–Crippen LogP) is 1.37. The highest BCUT2D eigenvalue weighted by Gasteiger charge is 2.11. The van der Waals surface area contributed by atoms with Crippen LogP contribution < -0.4 is 11.1 Å². The van der Waals surface area contributed by atoms with Gasteiger partial charge < -0.3 is 11.1 Å². The van der Waals surface area contributed by atoms with Gasteiger partial charge in [-0.1, -0.05) is 0 Å². The smallest absolute Gasteiger partial charge is 0.0900 e. The average Bonchev–Trinajstić information content (AvgIpc) is 2.41. The largest absolute Gasteiger partial charge is 0.329 e. The molecular formula is C9H17N3S. The number of hydrogen-bond acceptors (Lipinski definition) is 4. The summed E-state index contributed by atoms with van der Waals surface area (Å²) in [4.78, 5) is 5.78. The molecule has 0 aliphatic heterocycles. The van der Waals surface area contributed by atoms with E-state index in [1.165, 1.54) is 4.88 Å². The maximum Gasteiger partial charge on any atom is 0.0900 e. The fraction of sp³-hybridized carbons (Fsp3) is 0.667. The first kappa shape index (κ1) is 10.6. The Morgan fingerprint density at radius 2 is 2.23 bits per heavy atom. The highest BCUT2D eigenvalue weighted by Crippen LogP contribution is 2.21. The highest BCUT2D eigenvalue weighted by atomic mass is 32.1. The van der Waals surface area contributed by atoms with Gasteiger partial charge in [0.25, 0.3) is 0 Å². The van der Waals surface area contributed by atoms with Crippen molar-refractivity contribution in [2.24, 2.45) is 5.73 Å². The first-order valence-corrected chi connectivity index (χ1v) is 5.34. The van der Waals surface area contributed by atoms with E-state index in [1.807, 2.05) is 6.92 Å². The van der Waals surface area contributed by atoms with Crippen LogP contribution in [0.25, 0.3) is 0 Å². The third kappa shape index (κ3) is 2.76. The summed E-state index contributed by atoms with van der Waals surface area (Å²) in [7, 11) is 0. The van der Waals surface area contributed by atoms with E-state index in [9.17, 15) is 0 Å². The topological polar surface area (TPSA) is 50.9 Å². The molecule has 0 fully saturated rings. The predicted molar refractivity (Wildman–Crippen MR) is 57.1 cm³/mol. The molecule has 0 bridgehead atoms. The second-order valence-corrected chi connectivity index (χ2v) is 4.55. The minimum Gasteiger partial charge on any atom is -0.329 e. The fourth-order valence-corrected chi connectivity index (χ4v) is 2.26. The van der Waals surface area contributed by atoms with Gasteiger partial charge in [0.1, 0.15) is 0 Å². The molecule has 0 amide bonds. The second kappa shape index (κ2) is 4.69. The van der Waals surface area contributed by atoms with Crippen LogP contribution in [-0.4, -0.2) is 18.1 Å². The van der Waals surface area contributed by atoms with Crippen LogP contribution in [0.2, 0.25) is 0 Å². The fourth-order valence-electron chi connectivity index (χ4n) is 1.34. The number of aryl methyl sites for hydroxylation is 2. The van der Waals surface area contributed by atoms with Crippen molar-refractivity contribution in [3.8, 4) is 0 Å². The van der Waals surface area contributed by atoms with Crippen LogP contribution in [0, 0.1) is 13.8 Å². The molecule has 1 aromatic heterocycles. The standard InChI is InChI=1S/C9H17N3S/c1-6(11-5-4-10)9-7(2)13-8(3)12-9/h6,11H,4-5,10H2,1-3H3. The number of nitrogens with one attached hydrogen (secondary N) is 1. The van der Waals surface area contributed by atoms with Crippen LogP contribution >= 0.6 is 11.3 Å². The van der Waals surface area contributed by atoms with Crippen LogP contribution in [0.1, 0.15) is 28.5 Å². The summed E-state index contributed by atoms with van der Waals surface area (Å²) >= 11 is 1.75. The number of thiazole rings is 1. The normalized spacial score (nSPS) is 13.2. The van der Waals surface area contributed by atoms with Crippen molar-refractivity contribution in [2.75, 3.05) is 13.1 Å². The van der Waals surface area contributed by atoms with Gasteiger partial charge in [0.15, 0.2) is 0 Å². The van der Waals surface area contributed by atoms with Gasteiger partial charge in [-0.3, -0.25) is 0 Å². The van der Waals surface area contributed by atoms with Crippen LogP contribution in [0.4, 0.5) is 0 Å². The number of hydrogen-bond donors (Lipinski definition) is 2. The molecule has 0 aliphatic carbocycles. The Kier molecular flexibility index (Phi) is 3.84. The zero-order chi connectivity index (χ0) is 9.84. The molecule has 0 radical (unpaired) electrons. The maximum atomic E-state index is 5.42. The van der Waals surface area contributed by atoms with Gasteiger partial charge in [0.05, 0.1) is 10.7 Å². The number of rotatable bonds is 4. The maximum absolute atomic E-state index is 5.42. The van der Waals surface area contributed by atoms with Gasteiger partial charge in [-0.25, -0.2) is 4.98 Å². The quantitative estimate of drug-likeness (QED) is 0.770. The first-order chi connectivity index (χ1) is 6.15. The molecule has 1 rings (SSSR count). The molecule has 3 N–H and O–H groups in total. The van der Waals surface area contributed by atoms with E-state index in [0.29, 0.717) is 12.6 Å². The summed E-state index contributed by atoms with van der Waals surface area (Å²) < 4.78 is 0. The van der Waals surface area contributed by atoms with Gasteiger partial charge in [-0.2, -0.15) is 0 Å². The third-order valence-electron chi connectivity index (χ3n) is 1.94. The highest BCUT2D eigenvalue weighted by molar-refractivity contribution is 7.11. The number of aromatic nitrogens is 1. The van der Waals surface area contributed by atoms with Crippen molar-refractivity contribution in [2.45, 2.75) is 26.8 Å². The molecule has 1 unspecified atom stereocenters. The summed E-state index contributed by atoms with van der Waals surface area (Å²) in [6.07, 6.45) is 0. The molecule has 0 aromatic carbocycles. The monoisotopic (exact) mass is 199 g/mol. The van der Waals surface area contributed by atoms with E-state index in [-0.39, 0.29) is 0 Å². The van der Waals surface area contributed by atoms with Gasteiger partial charge in [0, 0.05) is 24.0 Å². The molecule has 1 aromatic rings. The van der Waals surface area contributed by atoms with Crippen molar-refractivity contribution in [1.29, 1.82) is 0 Å². The van der Waals surface area contributed by atoms with Crippen molar-refractivity contribution in [3.05, 3.63) is 15.6 Å². The summed E-state index contributed by atoms with van der Waals surface area (Å²) in [5.74, 6) is 0. The Bertz CT molecular complexity index is 270. The van der Waals surface area contributed by atoms with Crippen LogP contribution in [0.3, 0.4) is 0 Å².